The van der Waals surface area contributed by atoms with Crippen molar-refractivity contribution in [3.63, 3.8) is 0 Å². The van der Waals surface area contributed by atoms with Crippen LogP contribution in [0.15, 0.2) is 0 Å². The first kappa shape index (κ1) is 13.0. The molecule has 0 bridgehead atoms. The smallest absolute Gasteiger partial charge is 0.00702 e. The predicted molar refractivity (Wildman–Crippen MR) is 67.2 cm³/mol. The van der Waals surface area contributed by atoms with Gasteiger partial charge in [0.2, 0.25) is 0 Å². The van der Waals surface area contributed by atoms with Gasteiger partial charge in [0.25, 0.3) is 0 Å². The number of nitrogens with one attached hydrogen (secondary N) is 1. The molecule has 0 amide bonds. The maximum Gasteiger partial charge on any atom is 0.00702 e. The molecule has 1 aliphatic rings. The summed E-state index contributed by atoms with van der Waals surface area (Å²) in [5.74, 6) is 1.01. The minimum Gasteiger partial charge on any atom is -0.320 e. The van der Waals surface area contributed by atoms with Gasteiger partial charge in [0.05, 0.1) is 0 Å². The van der Waals surface area contributed by atoms with E-state index in [0.717, 1.165) is 18.5 Å². The fourth-order valence-corrected chi connectivity index (χ4v) is 2.24. The maximum absolute atomic E-state index is 3.23. The average molecular weight is 212 g/mol. The first-order chi connectivity index (χ1) is 7.15. The van der Waals surface area contributed by atoms with Gasteiger partial charge < -0.3 is 5.32 Å². The lowest BCUT2D eigenvalue weighted by molar-refractivity contribution is 0.147. The van der Waals surface area contributed by atoms with E-state index >= 15 is 0 Å². The Labute approximate surface area is 95.4 Å². The molecule has 0 aromatic carbocycles. The van der Waals surface area contributed by atoms with E-state index in [1.54, 1.807) is 0 Å². The summed E-state index contributed by atoms with van der Waals surface area (Å²) in [7, 11) is 2.04. The van der Waals surface area contributed by atoms with Gasteiger partial charge in [-0.15, -0.1) is 0 Å². The Morgan fingerprint density at radius 3 is 2.40 bits per heavy atom. The van der Waals surface area contributed by atoms with Crippen molar-refractivity contribution in [2.45, 2.75) is 58.5 Å². The summed E-state index contributed by atoms with van der Waals surface area (Å²) < 4.78 is 0. The van der Waals surface area contributed by atoms with Crippen LogP contribution >= 0.6 is 0 Å². The monoisotopic (exact) mass is 212 g/mol. The molecule has 15 heavy (non-hydrogen) atoms. The van der Waals surface area contributed by atoms with Gasteiger partial charge in [0, 0.05) is 18.6 Å². The lowest BCUT2D eigenvalue weighted by atomic mass is 10.1. The van der Waals surface area contributed by atoms with Crippen molar-refractivity contribution in [3.05, 3.63) is 0 Å². The second kappa shape index (κ2) is 6.49. The zero-order valence-electron chi connectivity index (χ0n) is 10.9. The van der Waals surface area contributed by atoms with E-state index < -0.39 is 0 Å². The van der Waals surface area contributed by atoms with Crippen LogP contribution in [0.3, 0.4) is 0 Å². The number of hydrogen-bond acceptors (Lipinski definition) is 2. The van der Waals surface area contributed by atoms with Crippen molar-refractivity contribution in [1.29, 1.82) is 0 Å². The highest BCUT2D eigenvalue weighted by Crippen LogP contribution is 2.31. The molecule has 1 unspecified atom stereocenters. The van der Waals surface area contributed by atoms with Crippen molar-refractivity contribution in [3.8, 4) is 0 Å². The zero-order valence-corrected chi connectivity index (χ0v) is 10.9. The largest absolute Gasteiger partial charge is 0.320 e. The highest BCUT2D eigenvalue weighted by Gasteiger charge is 2.27. The van der Waals surface area contributed by atoms with Gasteiger partial charge in [-0.25, -0.2) is 0 Å². The van der Waals surface area contributed by atoms with Crippen LogP contribution in [0.25, 0.3) is 0 Å². The fourth-order valence-electron chi connectivity index (χ4n) is 2.24. The van der Waals surface area contributed by atoms with E-state index in [4.69, 9.17) is 0 Å². The van der Waals surface area contributed by atoms with E-state index in [2.05, 4.69) is 31.0 Å². The third-order valence-electron chi connectivity index (χ3n) is 3.44. The SMILES string of the molecule is CNCCCC(C)N(CC1CC1)C(C)C. The molecule has 1 fully saturated rings. The normalized spacial score (nSPS) is 18.8. The molecular weight excluding hydrogens is 184 g/mol. The molecule has 0 aliphatic heterocycles. The predicted octanol–water partition coefficient (Wildman–Crippen LogP) is 2.49. The molecule has 0 spiro atoms. The van der Waals surface area contributed by atoms with Gasteiger partial charge in [-0.1, -0.05) is 0 Å². The van der Waals surface area contributed by atoms with E-state index in [1.165, 1.54) is 32.2 Å². The molecule has 1 N–H and O–H groups in total. The third kappa shape index (κ3) is 4.98. The standard InChI is InChI=1S/C13H28N2/c1-11(2)15(10-13-7-8-13)12(3)6-5-9-14-4/h11-14H,5-10H2,1-4H3. The Hall–Kier alpha value is -0.0800. The van der Waals surface area contributed by atoms with Crippen LogP contribution in [-0.4, -0.2) is 37.1 Å². The summed E-state index contributed by atoms with van der Waals surface area (Å²) in [6.45, 7) is 9.53. The van der Waals surface area contributed by atoms with E-state index in [-0.39, 0.29) is 0 Å². The summed E-state index contributed by atoms with van der Waals surface area (Å²) >= 11 is 0. The van der Waals surface area contributed by atoms with Crippen LogP contribution in [0.4, 0.5) is 0 Å². The molecule has 0 aromatic rings. The molecule has 90 valence electrons. The first-order valence-corrected chi connectivity index (χ1v) is 6.55. The second-order valence-corrected chi connectivity index (χ2v) is 5.33. The summed E-state index contributed by atoms with van der Waals surface area (Å²) in [4.78, 5) is 2.69. The van der Waals surface area contributed by atoms with E-state index in [9.17, 15) is 0 Å². The molecular formula is C13H28N2. The average Bonchev–Trinajstić information content (AvgIpc) is 2.97. The highest BCUT2D eigenvalue weighted by molar-refractivity contribution is 4.81. The quantitative estimate of drug-likeness (QED) is 0.622. The second-order valence-electron chi connectivity index (χ2n) is 5.33. The summed E-state index contributed by atoms with van der Waals surface area (Å²) in [5.41, 5.74) is 0. The Bertz CT molecular complexity index is 164. The van der Waals surface area contributed by atoms with E-state index in [0.29, 0.717) is 6.04 Å². The summed E-state index contributed by atoms with van der Waals surface area (Å²) in [6, 6.07) is 1.45. The van der Waals surface area contributed by atoms with Crippen LogP contribution in [0, 0.1) is 5.92 Å². The third-order valence-corrected chi connectivity index (χ3v) is 3.44. The molecule has 0 heterocycles. The van der Waals surface area contributed by atoms with Gasteiger partial charge in [-0.3, -0.25) is 4.90 Å². The van der Waals surface area contributed by atoms with Crippen LogP contribution < -0.4 is 5.32 Å². The maximum atomic E-state index is 3.23. The topological polar surface area (TPSA) is 15.3 Å². The molecule has 2 nitrogen and oxygen atoms in total. The van der Waals surface area contributed by atoms with Gasteiger partial charge in [0.1, 0.15) is 0 Å². The lowest BCUT2D eigenvalue weighted by Crippen LogP contribution is -2.40. The Kier molecular flexibility index (Phi) is 5.62. The number of rotatable bonds is 8. The minimum atomic E-state index is 0.704. The Balaban J connectivity index is 2.25. The van der Waals surface area contributed by atoms with Gasteiger partial charge in [-0.05, 0) is 66.0 Å². The van der Waals surface area contributed by atoms with Crippen LogP contribution in [0.1, 0.15) is 46.5 Å². The van der Waals surface area contributed by atoms with E-state index in [1.807, 2.05) is 7.05 Å². The van der Waals surface area contributed by atoms with Crippen molar-refractivity contribution in [2.24, 2.45) is 5.92 Å². The molecule has 1 aliphatic carbocycles. The minimum absolute atomic E-state index is 0.704. The van der Waals surface area contributed by atoms with Crippen molar-refractivity contribution in [1.82, 2.24) is 10.2 Å². The molecule has 1 saturated carbocycles. The molecule has 0 aromatic heterocycles. The Morgan fingerprint density at radius 2 is 1.93 bits per heavy atom. The zero-order chi connectivity index (χ0) is 11.3. The number of nitrogens with zero attached hydrogens (tertiary/aromatic N) is 1. The number of hydrogen-bond donors (Lipinski definition) is 1. The molecule has 0 saturated heterocycles. The molecule has 0 radical (unpaired) electrons. The molecule has 1 atom stereocenters. The molecule has 2 heteroatoms. The lowest BCUT2D eigenvalue weighted by Gasteiger charge is -2.33. The first-order valence-electron chi connectivity index (χ1n) is 6.55. The van der Waals surface area contributed by atoms with Crippen molar-refractivity contribution >= 4 is 0 Å². The van der Waals surface area contributed by atoms with Crippen molar-refractivity contribution in [2.75, 3.05) is 20.1 Å². The fraction of sp³-hybridized carbons (Fsp3) is 1.00. The van der Waals surface area contributed by atoms with Crippen LogP contribution in [0.2, 0.25) is 0 Å². The Morgan fingerprint density at radius 1 is 1.27 bits per heavy atom. The van der Waals surface area contributed by atoms with Crippen molar-refractivity contribution < 1.29 is 0 Å². The molecule has 1 rings (SSSR count). The van der Waals surface area contributed by atoms with Gasteiger partial charge >= 0.3 is 0 Å². The highest BCUT2D eigenvalue weighted by atomic mass is 15.2. The van der Waals surface area contributed by atoms with Gasteiger partial charge in [-0.2, -0.15) is 0 Å². The summed E-state index contributed by atoms with van der Waals surface area (Å²) in [5, 5.41) is 3.23. The van der Waals surface area contributed by atoms with Crippen LogP contribution in [-0.2, 0) is 0 Å². The summed E-state index contributed by atoms with van der Waals surface area (Å²) in [6.07, 6.45) is 5.55. The van der Waals surface area contributed by atoms with Gasteiger partial charge in [0.15, 0.2) is 0 Å². The van der Waals surface area contributed by atoms with Crippen LogP contribution in [0.5, 0.6) is 0 Å².